The van der Waals surface area contributed by atoms with Crippen LogP contribution in [0.25, 0.3) is 0 Å². The Balaban J connectivity index is 2.05. The van der Waals surface area contributed by atoms with Crippen LogP contribution < -0.4 is 14.8 Å². The monoisotopic (exact) mass is 361 g/mol. The number of methoxy groups -OCH3 is 1. The number of hydrogen-bond acceptors (Lipinski definition) is 7. The molecule has 26 heavy (non-hydrogen) atoms. The number of nitrogens with zero attached hydrogens (tertiary/aromatic N) is 2. The molecule has 0 fully saturated rings. The first-order valence-electron chi connectivity index (χ1n) is 7.35. The molecule has 2 aromatic rings. The molecule has 0 bridgehead atoms. The maximum Gasteiger partial charge on any atom is 0.339 e. The van der Waals surface area contributed by atoms with E-state index in [0.717, 1.165) is 18.5 Å². The molecule has 0 saturated carbocycles. The molecular formula is C16H15N3O7. The van der Waals surface area contributed by atoms with Crippen LogP contribution in [0.5, 0.6) is 5.75 Å². The molecule has 136 valence electrons. The van der Waals surface area contributed by atoms with Gasteiger partial charge in [-0.25, -0.2) is 4.79 Å². The molecule has 0 spiro atoms. The van der Waals surface area contributed by atoms with Gasteiger partial charge in [0.25, 0.3) is 11.6 Å². The Morgan fingerprint density at radius 3 is 2.46 bits per heavy atom. The number of nitrogens with one attached hydrogen (secondary N) is 1. The maximum absolute atomic E-state index is 12.2. The Morgan fingerprint density at radius 2 is 1.88 bits per heavy atom. The number of aromatic nitrogens is 1. The van der Waals surface area contributed by atoms with E-state index < -0.39 is 22.9 Å². The van der Waals surface area contributed by atoms with E-state index in [-0.39, 0.29) is 22.7 Å². The minimum absolute atomic E-state index is 0.0918. The van der Waals surface area contributed by atoms with Crippen molar-refractivity contribution in [1.29, 1.82) is 0 Å². The molecule has 0 unspecified atom stereocenters. The summed E-state index contributed by atoms with van der Waals surface area (Å²) in [6, 6.07) is 6.21. The van der Waals surface area contributed by atoms with E-state index >= 15 is 0 Å². The Hall–Kier alpha value is -3.69. The van der Waals surface area contributed by atoms with Gasteiger partial charge in [0.05, 0.1) is 29.4 Å². The van der Waals surface area contributed by atoms with Crippen molar-refractivity contribution in [3.05, 3.63) is 63.6 Å². The first kappa shape index (κ1) is 18.6. The molecule has 10 heteroatoms. The Kier molecular flexibility index (Phi) is 5.68. The van der Waals surface area contributed by atoms with Gasteiger partial charge >= 0.3 is 5.97 Å². The van der Waals surface area contributed by atoms with E-state index in [2.05, 4.69) is 5.32 Å². The third-order valence-electron chi connectivity index (χ3n) is 3.34. The van der Waals surface area contributed by atoms with Crippen molar-refractivity contribution in [2.24, 2.45) is 0 Å². The van der Waals surface area contributed by atoms with Crippen molar-refractivity contribution in [2.45, 2.75) is 13.0 Å². The Morgan fingerprint density at radius 1 is 1.23 bits per heavy atom. The van der Waals surface area contributed by atoms with E-state index in [1.54, 1.807) is 0 Å². The van der Waals surface area contributed by atoms with Crippen molar-refractivity contribution in [1.82, 2.24) is 0 Å². The lowest BCUT2D eigenvalue weighted by atomic mass is 10.2. The zero-order valence-corrected chi connectivity index (χ0v) is 13.9. The molecule has 0 aliphatic heterocycles. The van der Waals surface area contributed by atoms with Gasteiger partial charge in [-0.05, 0) is 13.0 Å². The van der Waals surface area contributed by atoms with Gasteiger partial charge in [0.1, 0.15) is 5.75 Å². The highest BCUT2D eigenvalue weighted by molar-refractivity contribution is 5.98. The highest BCUT2D eigenvalue weighted by Gasteiger charge is 2.21. The molecule has 1 heterocycles. The van der Waals surface area contributed by atoms with E-state index in [0.29, 0.717) is 4.73 Å². The summed E-state index contributed by atoms with van der Waals surface area (Å²) in [4.78, 5) is 34.3. The largest absolute Gasteiger partial charge is 0.619 e. The minimum atomic E-state index is -1.15. The molecule has 1 aromatic carbocycles. The average molecular weight is 361 g/mol. The Bertz CT molecular complexity index is 836. The third kappa shape index (κ3) is 4.44. The summed E-state index contributed by atoms with van der Waals surface area (Å²) in [6.45, 7) is 1.36. The van der Waals surface area contributed by atoms with Gasteiger partial charge in [-0.1, -0.05) is 0 Å². The summed E-state index contributed by atoms with van der Waals surface area (Å²) in [7, 11) is 1.30. The molecule has 2 rings (SSSR count). The predicted molar refractivity (Wildman–Crippen MR) is 88.6 cm³/mol. The van der Waals surface area contributed by atoms with Crippen LogP contribution in [0.15, 0.2) is 42.7 Å². The van der Waals surface area contributed by atoms with Gasteiger partial charge in [0.2, 0.25) is 0 Å². The lowest BCUT2D eigenvalue weighted by molar-refractivity contribution is -0.605. The van der Waals surface area contributed by atoms with Crippen LogP contribution in [-0.2, 0) is 9.53 Å². The number of amides is 1. The number of esters is 1. The van der Waals surface area contributed by atoms with Gasteiger partial charge < -0.3 is 20.0 Å². The first-order chi connectivity index (χ1) is 12.3. The van der Waals surface area contributed by atoms with Crippen LogP contribution in [0.4, 0.5) is 11.4 Å². The van der Waals surface area contributed by atoms with Crippen molar-refractivity contribution in [3.63, 3.8) is 0 Å². The molecule has 0 radical (unpaired) electrons. The van der Waals surface area contributed by atoms with Crippen molar-refractivity contribution in [3.8, 4) is 5.75 Å². The van der Waals surface area contributed by atoms with E-state index in [1.165, 1.54) is 38.3 Å². The fraction of sp³-hybridized carbons (Fsp3) is 0.188. The highest BCUT2D eigenvalue weighted by Crippen LogP contribution is 2.29. The average Bonchev–Trinajstić information content (AvgIpc) is 2.62. The summed E-state index contributed by atoms with van der Waals surface area (Å²) >= 11 is 0. The molecule has 1 N–H and O–H groups in total. The van der Waals surface area contributed by atoms with Crippen molar-refractivity contribution < 1.29 is 28.7 Å². The number of ether oxygens (including phenoxy) is 2. The molecule has 1 aromatic heterocycles. The molecule has 0 saturated heterocycles. The van der Waals surface area contributed by atoms with Crippen LogP contribution in [0, 0.1) is 15.3 Å². The van der Waals surface area contributed by atoms with Crippen LogP contribution in [0.2, 0.25) is 0 Å². The number of carbonyl (C=O) groups excluding carboxylic acids is 2. The second-order valence-corrected chi connectivity index (χ2v) is 5.13. The third-order valence-corrected chi connectivity index (χ3v) is 3.34. The van der Waals surface area contributed by atoms with E-state index in [4.69, 9.17) is 9.47 Å². The fourth-order valence-corrected chi connectivity index (χ4v) is 1.96. The Labute approximate surface area is 147 Å². The molecule has 1 atom stereocenters. The van der Waals surface area contributed by atoms with Gasteiger partial charge in [0, 0.05) is 18.2 Å². The SMILES string of the molecule is COc1cc([N+](=O)[O-])ccc1NC(=O)[C@@H](C)OC(=O)c1cc[n+]([O-])cc1. The van der Waals surface area contributed by atoms with Crippen LogP contribution in [0.3, 0.4) is 0 Å². The number of nitro groups is 1. The summed E-state index contributed by atoms with van der Waals surface area (Å²) in [5, 5.41) is 24.2. The number of anilines is 1. The summed E-state index contributed by atoms with van der Waals surface area (Å²) < 4.78 is 10.6. The van der Waals surface area contributed by atoms with Gasteiger partial charge in [-0.15, -0.1) is 0 Å². The number of carbonyl (C=O) groups is 2. The van der Waals surface area contributed by atoms with Crippen LogP contribution >= 0.6 is 0 Å². The summed E-state index contributed by atoms with van der Waals surface area (Å²) in [6.07, 6.45) is 1.11. The standard InChI is InChI=1S/C16H15N3O7/c1-10(26-16(21)11-5-7-18(22)8-6-11)15(20)17-13-4-3-12(19(23)24)9-14(13)25-2/h3-10H,1-2H3,(H,17,20)/t10-/m1/s1. The molecule has 1 amide bonds. The number of pyridine rings is 1. The van der Waals surface area contributed by atoms with Gasteiger partial charge in [-0.2, -0.15) is 4.73 Å². The number of hydrogen-bond donors (Lipinski definition) is 1. The quantitative estimate of drug-likeness (QED) is 0.270. The number of benzene rings is 1. The van der Waals surface area contributed by atoms with Crippen molar-refractivity contribution in [2.75, 3.05) is 12.4 Å². The molecule has 0 aliphatic carbocycles. The second kappa shape index (κ2) is 7.92. The number of non-ortho nitro benzene ring substituents is 1. The number of rotatable bonds is 6. The zero-order valence-electron chi connectivity index (χ0n) is 13.9. The number of nitro benzene ring substituents is 1. The minimum Gasteiger partial charge on any atom is -0.619 e. The van der Waals surface area contributed by atoms with Crippen LogP contribution in [-0.4, -0.2) is 30.0 Å². The van der Waals surface area contributed by atoms with Crippen LogP contribution in [0.1, 0.15) is 17.3 Å². The molecule has 10 nitrogen and oxygen atoms in total. The lowest BCUT2D eigenvalue weighted by Gasteiger charge is -2.15. The summed E-state index contributed by atoms with van der Waals surface area (Å²) in [5.74, 6) is -1.33. The zero-order chi connectivity index (χ0) is 19.3. The first-order valence-corrected chi connectivity index (χ1v) is 7.35. The predicted octanol–water partition coefficient (Wildman–Crippen LogP) is 1.42. The van der Waals surface area contributed by atoms with Gasteiger partial charge in [-0.3, -0.25) is 14.9 Å². The normalized spacial score (nSPS) is 11.3. The molecule has 0 aliphatic rings. The lowest BCUT2D eigenvalue weighted by Crippen LogP contribution is -2.30. The van der Waals surface area contributed by atoms with Gasteiger partial charge in [0.15, 0.2) is 18.5 Å². The molecular weight excluding hydrogens is 346 g/mol. The van der Waals surface area contributed by atoms with E-state index in [9.17, 15) is 24.9 Å². The van der Waals surface area contributed by atoms with Crippen molar-refractivity contribution >= 4 is 23.3 Å². The second-order valence-electron chi connectivity index (χ2n) is 5.13. The van der Waals surface area contributed by atoms with E-state index in [1.807, 2.05) is 0 Å². The highest BCUT2D eigenvalue weighted by atomic mass is 16.6. The summed E-state index contributed by atoms with van der Waals surface area (Å²) in [5.41, 5.74) is 0.113. The topological polar surface area (TPSA) is 135 Å². The smallest absolute Gasteiger partial charge is 0.339 e. The fourth-order valence-electron chi connectivity index (χ4n) is 1.96. The maximum atomic E-state index is 12.2.